The second-order valence-electron chi connectivity index (χ2n) is 9.37. The molecule has 0 amide bonds. The Morgan fingerprint density at radius 2 is 1.03 bits per heavy atom. The largest absolute Gasteiger partial charge is 0.478 e. The minimum absolute atomic E-state index is 0.0283. The molecule has 0 spiro atoms. The summed E-state index contributed by atoms with van der Waals surface area (Å²) >= 11 is 0. The van der Waals surface area contributed by atoms with Crippen LogP contribution in [0, 0.1) is 0 Å². The predicted octanol–water partition coefficient (Wildman–Crippen LogP) is 8.79. The lowest BCUT2D eigenvalue weighted by molar-refractivity contribution is -0.142. The molecule has 0 aromatic heterocycles. The van der Waals surface area contributed by atoms with Gasteiger partial charge in [0.2, 0.25) is 0 Å². The lowest BCUT2D eigenvalue weighted by Gasteiger charge is -2.11. The Hall–Kier alpha value is -1.62. The van der Waals surface area contributed by atoms with Gasteiger partial charge in [0, 0.05) is 12.2 Å². The second kappa shape index (κ2) is 32.4. The lowest BCUT2D eigenvalue weighted by atomic mass is 10.1. The molecule has 5 heteroatoms. The van der Waals surface area contributed by atoms with E-state index in [1.165, 1.54) is 102 Å². The van der Waals surface area contributed by atoms with Gasteiger partial charge in [-0.15, -0.1) is 0 Å². The van der Waals surface area contributed by atoms with E-state index in [0.29, 0.717) is 0 Å². The normalized spacial score (nSPS) is 11.7. The number of rotatable bonds is 21. The molecule has 0 heterocycles. The Morgan fingerprint density at radius 1 is 0.686 bits per heavy atom. The zero-order valence-electron chi connectivity index (χ0n) is 23.6. The molecule has 0 bridgehead atoms. The Bertz CT molecular complexity index is 473. The number of unbranched alkanes of at least 4 members (excludes halogenated alkanes) is 14. The number of aliphatic hydroxyl groups excluding tert-OH is 1. The topological polar surface area (TPSA) is 83.8 Å². The van der Waals surface area contributed by atoms with Crippen molar-refractivity contribution < 1.29 is 24.5 Å². The number of esters is 1. The third kappa shape index (κ3) is 42.9. The van der Waals surface area contributed by atoms with Gasteiger partial charge >= 0.3 is 11.9 Å². The third-order valence-corrected chi connectivity index (χ3v) is 5.60. The van der Waals surface area contributed by atoms with Crippen LogP contribution >= 0.6 is 0 Å². The van der Waals surface area contributed by atoms with Crippen molar-refractivity contribution in [3.05, 3.63) is 25.3 Å². The third-order valence-electron chi connectivity index (χ3n) is 5.60. The van der Waals surface area contributed by atoms with Gasteiger partial charge in [-0.05, 0) is 33.1 Å². The number of carbonyl (C=O) groups excluding carboxylic acids is 1. The Kier molecular flexibility index (Phi) is 35.1. The highest BCUT2D eigenvalue weighted by atomic mass is 16.5. The van der Waals surface area contributed by atoms with Gasteiger partial charge < -0.3 is 14.9 Å². The van der Waals surface area contributed by atoms with Gasteiger partial charge in [0.15, 0.2) is 0 Å². The van der Waals surface area contributed by atoms with Crippen molar-refractivity contribution in [3.63, 3.8) is 0 Å². The van der Waals surface area contributed by atoms with Crippen LogP contribution in [0.3, 0.4) is 0 Å². The van der Waals surface area contributed by atoms with Crippen LogP contribution in [0.25, 0.3) is 0 Å². The first-order chi connectivity index (χ1) is 16.7. The van der Waals surface area contributed by atoms with E-state index in [0.717, 1.165) is 25.3 Å². The van der Waals surface area contributed by atoms with Crippen molar-refractivity contribution >= 4 is 11.9 Å². The maximum atomic E-state index is 10.9. The van der Waals surface area contributed by atoms with Crippen LogP contribution < -0.4 is 0 Å². The van der Waals surface area contributed by atoms with Crippen LogP contribution in [0.4, 0.5) is 0 Å². The summed E-state index contributed by atoms with van der Waals surface area (Å²) < 4.78 is 5.10. The number of hydrogen-bond acceptors (Lipinski definition) is 4. The van der Waals surface area contributed by atoms with E-state index in [1.807, 2.05) is 13.8 Å². The standard InChI is InChI=1S/C15H28O2.C12H26O.C3H4O2/c1-4-6-7-8-9-10-11-12-13-14(3)17-15(16)5-2;1-3-4-5-6-7-8-9-10-11-12(2)13;1-2-3(4)5/h5,14H,2,4,6-13H2,1,3H3;12-13H,3-11H2,1-2H3;2H,1H2,(H,4,5). The molecule has 0 rings (SSSR count). The summed E-state index contributed by atoms with van der Waals surface area (Å²) in [5.74, 6) is -1.29. The molecular formula is C30H58O5. The summed E-state index contributed by atoms with van der Waals surface area (Å²) in [4.78, 5) is 20.2. The molecule has 208 valence electrons. The van der Waals surface area contributed by atoms with Crippen molar-refractivity contribution in [3.8, 4) is 0 Å². The fraction of sp³-hybridized carbons (Fsp3) is 0.800. The minimum Gasteiger partial charge on any atom is -0.478 e. The lowest BCUT2D eigenvalue weighted by Crippen LogP contribution is -2.12. The molecule has 0 fully saturated rings. The maximum Gasteiger partial charge on any atom is 0.330 e. The second-order valence-corrected chi connectivity index (χ2v) is 9.37. The van der Waals surface area contributed by atoms with Crippen molar-refractivity contribution in [2.75, 3.05) is 0 Å². The summed E-state index contributed by atoms with van der Waals surface area (Å²) in [7, 11) is 0. The molecule has 2 atom stereocenters. The summed E-state index contributed by atoms with van der Waals surface area (Å²) in [5.41, 5.74) is 0. The van der Waals surface area contributed by atoms with Gasteiger partial charge in [-0.1, -0.05) is 123 Å². The summed E-state index contributed by atoms with van der Waals surface area (Å²) in [6.07, 6.45) is 25.2. The molecule has 0 radical (unpaired) electrons. The van der Waals surface area contributed by atoms with E-state index in [1.54, 1.807) is 0 Å². The number of carbonyl (C=O) groups is 2. The van der Waals surface area contributed by atoms with Gasteiger partial charge in [0.1, 0.15) is 0 Å². The molecule has 0 aliphatic rings. The molecule has 0 saturated heterocycles. The van der Waals surface area contributed by atoms with Crippen LogP contribution in [-0.2, 0) is 14.3 Å². The van der Waals surface area contributed by atoms with Crippen LogP contribution in [0.2, 0.25) is 0 Å². The maximum absolute atomic E-state index is 10.9. The van der Waals surface area contributed by atoms with E-state index in [-0.39, 0.29) is 18.2 Å². The molecular weight excluding hydrogens is 440 g/mol. The first kappa shape index (κ1) is 37.9. The Morgan fingerprint density at radius 3 is 1.34 bits per heavy atom. The Balaban J connectivity index is -0.000000502. The average molecular weight is 499 g/mol. The fourth-order valence-corrected chi connectivity index (χ4v) is 3.44. The van der Waals surface area contributed by atoms with Gasteiger partial charge in [0.05, 0.1) is 12.2 Å². The number of carboxylic acid groups (broad SMARTS) is 1. The summed E-state index contributed by atoms with van der Waals surface area (Å²) in [6.45, 7) is 14.7. The van der Waals surface area contributed by atoms with E-state index in [2.05, 4.69) is 27.0 Å². The number of aliphatic carboxylic acids is 1. The van der Waals surface area contributed by atoms with Gasteiger partial charge in [-0.3, -0.25) is 0 Å². The molecule has 0 aliphatic heterocycles. The number of aliphatic hydroxyl groups is 1. The van der Waals surface area contributed by atoms with E-state index >= 15 is 0 Å². The van der Waals surface area contributed by atoms with E-state index in [4.69, 9.17) is 14.9 Å². The van der Waals surface area contributed by atoms with Crippen molar-refractivity contribution in [1.29, 1.82) is 0 Å². The van der Waals surface area contributed by atoms with Crippen LogP contribution in [0.15, 0.2) is 25.3 Å². The number of ether oxygens (including phenoxy) is 1. The first-order valence-electron chi connectivity index (χ1n) is 14.1. The van der Waals surface area contributed by atoms with Gasteiger partial charge in [-0.2, -0.15) is 0 Å². The fourth-order valence-electron chi connectivity index (χ4n) is 3.44. The van der Waals surface area contributed by atoms with Crippen LogP contribution in [0.1, 0.15) is 143 Å². The Labute approximate surface area is 217 Å². The minimum atomic E-state index is -0.981. The zero-order valence-corrected chi connectivity index (χ0v) is 23.6. The highest BCUT2D eigenvalue weighted by molar-refractivity contribution is 5.81. The highest BCUT2D eigenvalue weighted by Crippen LogP contribution is 2.12. The van der Waals surface area contributed by atoms with Gasteiger partial charge in [0.25, 0.3) is 0 Å². The number of carboxylic acids is 1. The van der Waals surface area contributed by atoms with Gasteiger partial charge in [-0.25, -0.2) is 9.59 Å². The molecule has 0 saturated carbocycles. The molecule has 5 nitrogen and oxygen atoms in total. The predicted molar refractivity (Wildman–Crippen MR) is 150 cm³/mol. The molecule has 0 aromatic rings. The monoisotopic (exact) mass is 498 g/mol. The van der Waals surface area contributed by atoms with Crippen molar-refractivity contribution in [1.82, 2.24) is 0 Å². The van der Waals surface area contributed by atoms with Crippen LogP contribution in [-0.4, -0.2) is 34.4 Å². The van der Waals surface area contributed by atoms with E-state index < -0.39 is 5.97 Å². The average Bonchev–Trinajstić information content (AvgIpc) is 2.83. The van der Waals surface area contributed by atoms with Crippen LogP contribution in [0.5, 0.6) is 0 Å². The molecule has 2 unspecified atom stereocenters. The molecule has 0 aromatic carbocycles. The SMILES string of the molecule is C=CC(=O)O.C=CC(=O)OC(C)CCCCCCCCCC.CCCCCCCCCCC(C)O. The van der Waals surface area contributed by atoms with Crippen molar-refractivity contribution in [2.24, 2.45) is 0 Å². The molecule has 35 heavy (non-hydrogen) atoms. The highest BCUT2D eigenvalue weighted by Gasteiger charge is 2.05. The zero-order chi connectivity index (χ0) is 27.2. The molecule has 0 aliphatic carbocycles. The summed E-state index contributed by atoms with van der Waals surface area (Å²) in [5, 5.41) is 16.6. The quantitative estimate of drug-likeness (QED) is 0.0938. The van der Waals surface area contributed by atoms with Crippen molar-refractivity contribution in [2.45, 2.75) is 155 Å². The first-order valence-corrected chi connectivity index (χ1v) is 14.1. The number of hydrogen-bond donors (Lipinski definition) is 2. The summed E-state index contributed by atoms with van der Waals surface area (Å²) in [6, 6.07) is 0. The van der Waals surface area contributed by atoms with E-state index in [9.17, 15) is 9.59 Å². The smallest absolute Gasteiger partial charge is 0.330 e. The molecule has 2 N–H and O–H groups in total.